The Balaban J connectivity index is 1.75. The predicted octanol–water partition coefficient (Wildman–Crippen LogP) is 1.79. The predicted molar refractivity (Wildman–Crippen MR) is 203 cm³/mol. The Morgan fingerprint density at radius 3 is 2.15 bits per heavy atom. The number of pyridine rings is 2. The first-order valence-corrected chi connectivity index (χ1v) is 19.8. The molecule has 4 aliphatic rings. The molecule has 0 radical (unpaired) electrons. The summed E-state index contributed by atoms with van der Waals surface area (Å²) in [6, 6.07) is 5.71. The van der Waals surface area contributed by atoms with Crippen LogP contribution in [0.2, 0.25) is 0 Å². The highest BCUT2D eigenvalue weighted by atomic mass is 16.7. The number of aromatic nitrogens is 2. The van der Waals surface area contributed by atoms with Crippen molar-refractivity contribution in [3.8, 4) is 0 Å². The number of carbonyl (C=O) groups excluding carboxylic acids is 7. The van der Waals surface area contributed by atoms with Crippen LogP contribution in [0.25, 0.3) is 0 Å². The van der Waals surface area contributed by atoms with Gasteiger partial charge in [-0.1, -0.05) is 27.7 Å². The lowest BCUT2D eigenvalue weighted by molar-refractivity contribution is -0.386. The largest absolute Gasteiger partial charge is 0.465 e. The standard InChI is InChI=1S/C42H50N2O17/c1-19(2)35(49)59-30-33-40(9,53)42-32(56-23(6)46)27(39(8,61-42)17-55-38(52)26-13-11-15-44-28(26)20(3)21(4)36(50)60-33)29(58-37(51)25-12-10-14-43-16-25)31(48)41(42,18-54-22(5)45)34(30)57-24(7)47/h10-16,19-21,27,29-34,48,53H,17-18H2,1-9H3/t20-,21-,27+,29+,30-,31+,32+,33-,34-,39-,40-,41+,42-/m0/s1. The highest BCUT2D eigenvalue weighted by Crippen LogP contribution is 2.69. The van der Waals surface area contributed by atoms with Crippen molar-refractivity contribution < 1.29 is 81.7 Å². The molecule has 1 spiro atoms. The highest BCUT2D eigenvalue weighted by Gasteiger charge is 2.91. The molecule has 0 aromatic carbocycles. The maximum atomic E-state index is 14.5. The van der Waals surface area contributed by atoms with Crippen LogP contribution in [0.5, 0.6) is 0 Å². The first-order chi connectivity index (χ1) is 28.5. The molecule has 1 saturated heterocycles. The average Bonchev–Trinajstić information content (AvgIpc) is 3.42. The van der Waals surface area contributed by atoms with Gasteiger partial charge in [-0.2, -0.15) is 0 Å². The van der Waals surface area contributed by atoms with Crippen LogP contribution in [0.15, 0.2) is 42.9 Å². The number of nitrogens with zero attached hydrogens (tertiary/aromatic N) is 2. The van der Waals surface area contributed by atoms with E-state index in [1.807, 2.05) is 0 Å². The van der Waals surface area contributed by atoms with Gasteiger partial charge in [-0.05, 0) is 38.1 Å². The van der Waals surface area contributed by atoms with Gasteiger partial charge in [0.2, 0.25) is 0 Å². The van der Waals surface area contributed by atoms with Gasteiger partial charge in [-0.15, -0.1) is 0 Å². The van der Waals surface area contributed by atoms with E-state index in [2.05, 4.69) is 9.97 Å². The van der Waals surface area contributed by atoms with Crippen LogP contribution in [0.4, 0.5) is 0 Å². The van der Waals surface area contributed by atoms with Crippen molar-refractivity contribution in [2.45, 2.75) is 122 Å². The lowest BCUT2D eigenvalue weighted by atomic mass is 9.45. The zero-order valence-electron chi connectivity index (χ0n) is 35.1. The van der Waals surface area contributed by atoms with E-state index in [1.54, 1.807) is 6.92 Å². The van der Waals surface area contributed by atoms with Crippen molar-refractivity contribution in [3.63, 3.8) is 0 Å². The van der Waals surface area contributed by atoms with Crippen LogP contribution in [-0.4, -0.2) is 129 Å². The maximum absolute atomic E-state index is 14.5. The summed E-state index contributed by atoms with van der Waals surface area (Å²) in [5.74, 6) is -11.5. The minimum absolute atomic E-state index is 0.0411. The SMILES string of the molecule is CC(=O)OC[C@]12[C@H](O)[C@H](OC(=O)c3cccnc3)[C@@H]3[C@@H](OC(C)=O)[C@@]14O[C@@]3(C)COC(=O)c1cccnc1[C@@H](C)[C@H](C)C(=O)O[C@@H]([C@H](OC(=O)C(C)C)[C@@H]2OC(C)=O)[C@]4(C)O. The van der Waals surface area contributed by atoms with Gasteiger partial charge in [0.05, 0.1) is 34.6 Å². The third-order valence-corrected chi connectivity index (χ3v) is 12.4. The number of hydrogen-bond donors (Lipinski definition) is 2. The number of rotatable bonds is 8. The van der Waals surface area contributed by atoms with Crippen molar-refractivity contribution in [3.05, 3.63) is 59.7 Å². The number of hydrogen-bond acceptors (Lipinski definition) is 19. The van der Waals surface area contributed by atoms with Crippen molar-refractivity contribution in [2.75, 3.05) is 13.2 Å². The minimum atomic E-state index is -2.83. The van der Waals surface area contributed by atoms with Crippen LogP contribution in [0.1, 0.15) is 94.6 Å². The number of esters is 7. The summed E-state index contributed by atoms with van der Waals surface area (Å²) in [6.45, 7) is 9.69. The van der Waals surface area contributed by atoms with Crippen molar-refractivity contribution in [2.24, 2.45) is 23.2 Å². The quantitative estimate of drug-likeness (QED) is 0.283. The molecular formula is C42H50N2O17. The molecule has 2 aliphatic heterocycles. The van der Waals surface area contributed by atoms with Gasteiger partial charge in [0.1, 0.15) is 48.1 Å². The smallest absolute Gasteiger partial charge is 0.340 e. The second kappa shape index (κ2) is 16.4. The molecule has 3 fully saturated rings. The van der Waals surface area contributed by atoms with E-state index in [0.29, 0.717) is 0 Å². The molecule has 6 rings (SSSR count). The molecule has 2 saturated carbocycles. The van der Waals surface area contributed by atoms with Gasteiger partial charge in [0.15, 0.2) is 23.9 Å². The molecule has 0 amide bonds. The minimum Gasteiger partial charge on any atom is -0.465 e. The lowest BCUT2D eigenvalue weighted by Crippen LogP contribution is -2.89. The second-order valence-corrected chi connectivity index (χ2v) is 16.8. The van der Waals surface area contributed by atoms with Crippen molar-refractivity contribution in [1.82, 2.24) is 9.97 Å². The van der Waals surface area contributed by atoms with E-state index in [9.17, 15) is 43.8 Å². The number of ether oxygens (including phenoxy) is 8. The monoisotopic (exact) mass is 854 g/mol. The Morgan fingerprint density at radius 1 is 0.885 bits per heavy atom. The van der Waals surface area contributed by atoms with Gasteiger partial charge in [-0.3, -0.25) is 33.9 Å². The topological polar surface area (TPSA) is 260 Å². The summed E-state index contributed by atoms with van der Waals surface area (Å²) >= 11 is 0. The summed E-state index contributed by atoms with van der Waals surface area (Å²) in [7, 11) is 0. The Kier molecular flexibility index (Phi) is 12.1. The van der Waals surface area contributed by atoms with E-state index in [-0.39, 0.29) is 16.8 Å². The molecular weight excluding hydrogens is 804 g/mol. The fourth-order valence-corrected chi connectivity index (χ4v) is 9.49. The summed E-state index contributed by atoms with van der Waals surface area (Å²) in [5, 5.41) is 26.6. The highest BCUT2D eigenvalue weighted by molar-refractivity contribution is 5.91. The molecule has 19 heteroatoms. The van der Waals surface area contributed by atoms with Crippen molar-refractivity contribution in [1.29, 1.82) is 0 Å². The molecule has 13 atom stereocenters. The molecule has 4 bridgehead atoms. The molecule has 2 N–H and O–H groups in total. The molecule has 61 heavy (non-hydrogen) atoms. The van der Waals surface area contributed by atoms with Gasteiger partial charge < -0.3 is 48.1 Å². The van der Waals surface area contributed by atoms with Gasteiger partial charge in [0.25, 0.3) is 0 Å². The Hall–Kier alpha value is -5.53. The van der Waals surface area contributed by atoms with Crippen LogP contribution >= 0.6 is 0 Å². The zero-order valence-corrected chi connectivity index (χ0v) is 35.1. The third-order valence-electron chi connectivity index (χ3n) is 12.4. The second-order valence-electron chi connectivity index (χ2n) is 16.8. The van der Waals surface area contributed by atoms with E-state index >= 15 is 0 Å². The lowest BCUT2D eigenvalue weighted by Gasteiger charge is -2.67. The fourth-order valence-electron chi connectivity index (χ4n) is 9.49. The Bertz CT molecular complexity index is 2090. The number of aliphatic hydroxyl groups is 2. The van der Waals surface area contributed by atoms with Gasteiger partial charge in [0, 0.05) is 45.3 Å². The molecule has 2 aromatic rings. The van der Waals surface area contributed by atoms with E-state index in [0.717, 1.165) is 27.7 Å². The molecule has 4 heterocycles. The Morgan fingerprint density at radius 2 is 1.54 bits per heavy atom. The summed E-state index contributed by atoms with van der Waals surface area (Å²) in [4.78, 5) is 104. The van der Waals surface area contributed by atoms with Crippen LogP contribution < -0.4 is 0 Å². The molecule has 2 aromatic heterocycles. The third kappa shape index (κ3) is 7.29. The first kappa shape index (κ1) is 45.0. The van der Waals surface area contributed by atoms with Crippen LogP contribution in [0, 0.1) is 23.2 Å². The Labute approximate surface area is 350 Å². The normalized spacial score (nSPS) is 36.6. The maximum Gasteiger partial charge on any atom is 0.340 e. The van der Waals surface area contributed by atoms with Crippen LogP contribution in [-0.2, 0) is 61.9 Å². The van der Waals surface area contributed by atoms with Crippen molar-refractivity contribution >= 4 is 41.8 Å². The molecule has 19 nitrogen and oxygen atoms in total. The summed E-state index contributed by atoms with van der Waals surface area (Å²) in [6.07, 6.45) is -8.43. The number of fused-ring (bicyclic) bond motifs is 5. The molecule has 2 aliphatic carbocycles. The first-order valence-electron chi connectivity index (χ1n) is 19.8. The van der Waals surface area contributed by atoms with Gasteiger partial charge in [-0.25, -0.2) is 9.59 Å². The van der Waals surface area contributed by atoms with Gasteiger partial charge >= 0.3 is 41.8 Å². The molecule has 0 unspecified atom stereocenters. The van der Waals surface area contributed by atoms with E-state index in [1.165, 1.54) is 70.6 Å². The zero-order chi connectivity index (χ0) is 45.0. The summed E-state index contributed by atoms with van der Waals surface area (Å²) < 4.78 is 49.0. The van der Waals surface area contributed by atoms with E-state index < -0.39 is 138 Å². The van der Waals surface area contributed by atoms with Crippen LogP contribution in [0.3, 0.4) is 0 Å². The number of carbonyl (C=O) groups is 7. The number of aliphatic hydroxyl groups excluding tert-OH is 1. The average molecular weight is 855 g/mol. The summed E-state index contributed by atoms with van der Waals surface area (Å²) in [5.41, 5.74) is -10.3. The van der Waals surface area contributed by atoms with E-state index in [4.69, 9.17) is 37.9 Å². The molecule has 330 valence electrons. The number of cyclic esters (lactones) is 1. The fraction of sp³-hybridized carbons (Fsp3) is 0.595.